The highest BCUT2D eigenvalue weighted by atomic mass is 19.4. The summed E-state index contributed by atoms with van der Waals surface area (Å²) in [6, 6.07) is 9.65. The van der Waals surface area contributed by atoms with Crippen LogP contribution in [-0.4, -0.2) is 26.8 Å². The molecule has 10 nitrogen and oxygen atoms in total. The molecule has 2 atom stereocenters. The molecule has 2 aliphatic rings. The number of aromatic nitrogens is 2. The summed E-state index contributed by atoms with van der Waals surface area (Å²) in [6.45, 7) is 0. The van der Waals surface area contributed by atoms with Crippen LogP contribution in [0.3, 0.4) is 0 Å². The van der Waals surface area contributed by atoms with Gasteiger partial charge in [0, 0.05) is 18.6 Å². The Bertz CT molecular complexity index is 1600. The Hall–Kier alpha value is -4.81. The van der Waals surface area contributed by atoms with Crippen molar-refractivity contribution in [3.8, 4) is 11.5 Å². The van der Waals surface area contributed by atoms with Crippen LogP contribution in [0.25, 0.3) is 0 Å². The number of anilines is 2. The molecular weight excluding hydrogens is 531 g/mol. The Morgan fingerprint density at radius 2 is 1.98 bits per heavy atom. The van der Waals surface area contributed by atoms with Gasteiger partial charge in [-0.05, 0) is 54.7 Å². The molecule has 2 aromatic carbocycles. The number of hydrogen-bond acceptors (Lipinski definition) is 7. The Morgan fingerprint density at radius 1 is 1.15 bits per heavy atom. The number of rotatable bonds is 6. The maximum atomic E-state index is 13.9. The van der Waals surface area contributed by atoms with Crippen LogP contribution in [0.4, 0.5) is 30.4 Å². The van der Waals surface area contributed by atoms with Crippen molar-refractivity contribution in [2.75, 3.05) is 10.6 Å². The molecule has 40 heavy (non-hydrogen) atoms. The Balaban J connectivity index is 1.29. The molecule has 0 saturated heterocycles. The standard InChI is InChI=1S/C27H22F3N5O5/c28-27(29,30)24-13-22(23-5-2-8-39-23)33-25-21(14-31-34(24)25)26(36)32-17-10-18(35(37)38)12-20(11-17)40-19-7-6-15-3-1-4-16(15)9-19/h2,5-12,14,22,24,33H,1,3-4,13H2,(H,32,36)/t22-,24+/m1/s1. The number of carbonyl (C=O) groups is 1. The van der Waals surface area contributed by atoms with Crippen molar-refractivity contribution in [3.63, 3.8) is 0 Å². The second-order valence-corrected chi connectivity index (χ2v) is 9.67. The van der Waals surface area contributed by atoms with Crippen molar-refractivity contribution in [2.24, 2.45) is 0 Å². The van der Waals surface area contributed by atoms with E-state index in [2.05, 4.69) is 15.7 Å². The number of hydrogen-bond donors (Lipinski definition) is 2. The molecule has 2 N–H and O–H groups in total. The molecule has 4 aromatic rings. The molecule has 0 radical (unpaired) electrons. The van der Waals surface area contributed by atoms with Crippen LogP contribution in [0.2, 0.25) is 0 Å². The number of benzene rings is 2. The Morgan fingerprint density at radius 3 is 2.73 bits per heavy atom. The fraction of sp³-hybridized carbons (Fsp3) is 0.259. The van der Waals surface area contributed by atoms with E-state index in [1.165, 1.54) is 24.0 Å². The van der Waals surface area contributed by atoms with Crippen molar-refractivity contribution in [1.82, 2.24) is 9.78 Å². The predicted octanol–water partition coefficient (Wildman–Crippen LogP) is 6.58. The van der Waals surface area contributed by atoms with E-state index in [9.17, 15) is 28.1 Å². The summed E-state index contributed by atoms with van der Waals surface area (Å²) < 4.78 is 53.7. The molecule has 6 rings (SSSR count). The van der Waals surface area contributed by atoms with E-state index in [0.717, 1.165) is 41.8 Å². The minimum Gasteiger partial charge on any atom is -0.467 e. The highest BCUT2D eigenvalue weighted by Gasteiger charge is 2.47. The van der Waals surface area contributed by atoms with E-state index in [1.807, 2.05) is 12.1 Å². The normalized spacial score (nSPS) is 18.0. The first-order valence-electron chi connectivity index (χ1n) is 12.5. The third kappa shape index (κ3) is 4.85. The molecular formula is C27H22F3N5O5. The molecule has 0 saturated carbocycles. The fourth-order valence-corrected chi connectivity index (χ4v) is 5.17. The van der Waals surface area contributed by atoms with Gasteiger partial charge in [0.1, 0.15) is 28.6 Å². The summed E-state index contributed by atoms with van der Waals surface area (Å²) in [6.07, 6.45) is 0.312. The average molecular weight is 553 g/mol. The molecule has 206 valence electrons. The van der Waals surface area contributed by atoms with Crippen LogP contribution in [-0.2, 0) is 12.8 Å². The van der Waals surface area contributed by atoms with E-state index in [-0.39, 0.29) is 40.7 Å². The van der Waals surface area contributed by atoms with Gasteiger partial charge in [-0.1, -0.05) is 6.07 Å². The number of nitrogens with one attached hydrogen (secondary N) is 2. The molecule has 3 heterocycles. The number of carbonyl (C=O) groups excluding carboxylic acids is 1. The van der Waals surface area contributed by atoms with Gasteiger partial charge in [0.05, 0.1) is 35.2 Å². The molecule has 1 aliphatic heterocycles. The number of nitro groups is 1. The third-order valence-corrected chi connectivity index (χ3v) is 7.04. The number of halogens is 3. The SMILES string of the molecule is O=C(Nc1cc(Oc2ccc3c(c2)CCC3)cc([N+](=O)[O-])c1)c1cnn2c1N[C@@H](c1ccco1)C[C@H]2C(F)(F)F. The molecule has 13 heteroatoms. The van der Waals surface area contributed by atoms with Gasteiger partial charge < -0.3 is 19.8 Å². The Labute approximate surface area is 224 Å². The van der Waals surface area contributed by atoms with Gasteiger partial charge in [-0.3, -0.25) is 14.9 Å². The molecule has 2 aromatic heterocycles. The first kappa shape index (κ1) is 25.5. The number of nitrogens with zero attached hydrogens (tertiary/aromatic N) is 3. The topological polar surface area (TPSA) is 124 Å². The molecule has 0 spiro atoms. The fourth-order valence-electron chi connectivity index (χ4n) is 5.17. The number of non-ortho nitro benzene ring substituents is 1. The van der Waals surface area contributed by atoms with Crippen molar-refractivity contribution in [2.45, 2.75) is 43.9 Å². The van der Waals surface area contributed by atoms with Gasteiger partial charge >= 0.3 is 6.18 Å². The number of ether oxygens (including phenoxy) is 1. The summed E-state index contributed by atoms with van der Waals surface area (Å²) in [4.78, 5) is 24.2. The van der Waals surface area contributed by atoms with E-state index in [1.54, 1.807) is 18.2 Å². The number of aryl methyl sites for hydroxylation is 2. The minimum atomic E-state index is -4.63. The van der Waals surface area contributed by atoms with E-state index in [4.69, 9.17) is 9.15 Å². The molecule has 1 amide bonds. The van der Waals surface area contributed by atoms with Crippen molar-refractivity contribution in [3.05, 3.63) is 93.6 Å². The maximum absolute atomic E-state index is 13.9. The number of alkyl halides is 3. The zero-order valence-corrected chi connectivity index (χ0v) is 20.8. The summed E-state index contributed by atoms with van der Waals surface area (Å²) in [5.41, 5.74) is 1.91. The highest BCUT2D eigenvalue weighted by molar-refractivity contribution is 6.07. The zero-order valence-electron chi connectivity index (χ0n) is 20.8. The molecule has 0 unspecified atom stereocenters. The molecule has 1 aliphatic carbocycles. The van der Waals surface area contributed by atoms with Crippen LogP contribution in [0.5, 0.6) is 11.5 Å². The van der Waals surface area contributed by atoms with Crippen LogP contribution in [0.1, 0.15) is 52.2 Å². The smallest absolute Gasteiger partial charge is 0.410 e. The number of amides is 1. The van der Waals surface area contributed by atoms with Gasteiger partial charge in [-0.25, -0.2) is 4.68 Å². The van der Waals surface area contributed by atoms with E-state index < -0.39 is 29.1 Å². The summed E-state index contributed by atoms with van der Waals surface area (Å²) in [5, 5.41) is 20.9. The lowest BCUT2D eigenvalue weighted by Crippen LogP contribution is -2.36. The monoisotopic (exact) mass is 553 g/mol. The quantitative estimate of drug-likeness (QED) is 0.204. The third-order valence-electron chi connectivity index (χ3n) is 7.04. The van der Waals surface area contributed by atoms with E-state index >= 15 is 0 Å². The number of furan rings is 1. The second-order valence-electron chi connectivity index (χ2n) is 9.67. The summed E-state index contributed by atoms with van der Waals surface area (Å²) >= 11 is 0. The summed E-state index contributed by atoms with van der Waals surface area (Å²) in [7, 11) is 0. The lowest BCUT2D eigenvalue weighted by atomic mass is 10.0. The van der Waals surface area contributed by atoms with Crippen molar-refractivity contribution in [1.29, 1.82) is 0 Å². The van der Waals surface area contributed by atoms with Gasteiger partial charge in [-0.15, -0.1) is 0 Å². The van der Waals surface area contributed by atoms with E-state index in [0.29, 0.717) is 5.75 Å². The Kier molecular flexibility index (Phi) is 6.20. The van der Waals surface area contributed by atoms with Gasteiger partial charge in [-0.2, -0.15) is 18.3 Å². The maximum Gasteiger partial charge on any atom is 0.410 e. The van der Waals surface area contributed by atoms with Crippen LogP contribution in [0, 0.1) is 10.1 Å². The largest absolute Gasteiger partial charge is 0.467 e. The predicted molar refractivity (Wildman–Crippen MR) is 137 cm³/mol. The molecule has 0 fully saturated rings. The average Bonchev–Trinajstić information content (AvgIpc) is 3.68. The highest BCUT2D eigenvalue weighted by Crippen LogP contribution is 2.44. The minimum absolute atomic E-state index is 0.0288. The zero-order chi connectivity index (χ0) is 28.0. The van der Waals surface area contributed by atoms with Crippen molar-refractivity contribution < 1.29 is 32.0 Å². The number of nitro benzene ring substituents is 1. The first-order valence-corrected chi connectivity index (χ1v) is 12.5. The van der Waals surface area contributed by atoms with Crippen LogP contribution >= 0.6 is 0 Å². The van der Waals surface area contributed by atoms with Crippen molar-refractivity contribution >= 4 is 23.1 Å². The lowest BCUT2D eigenvalue weighted by Gasteiger charge is -2.32. The molecule has 0 bridgehead atoms. The number of fused-ring (bicyclic) bond motifs is 2. The first-order chi connectivity index (χ1) is 19.2. The summed E-state index contributed by atoms with van der Waals surface area (Å²) in [5.74, 6) is -0.0607. The second kappa shape index (κ2) is 9.74. The van der Waals surface area contributed by atoms with Crippen LogP contribution < -0.4 is 15.4 Å². The van der Waals surface area contributed by atoms with Gasteiger partial charge in [0.15, 0.2) is 6.04 Å². The van der Waals surface area contributed by atoms with Crippen LogP contribution in [0.15, 0.2) is 65.4 Å². The van der Waals surface area contributed by atoms with Gasteiger partial charge in [0.25, 0.3) is 11.6 Å². The van der Waals surface area contributed by atoms with Gasteiger partial charge in [0.2, 0.25) is 0 Å². The lowest BCUT2D eigenvalue weighted by molar-refractivity contribution is -0.384.